The molecule has 0 fully saturated rings. The van der Waals surface area contributed by atoms with Gasteiger partial charge in [-0.2, -0.15) is 0 Å². The van der Waals surface area contributed by atoms with Crippen LogP contribution in [0.5, 0.6) is 23.1 Å². The molecule has 3 rings (SSSR count). The summed E-state index contributed by atoms with van der Waals surface area (Å²) >= 11 is 0. The van der Waals surface area contributed by atoms with Gasteiger partial charge in [0, 0.05) is 23.7 Å². The number of benzene rings is 1. The molecule has 0 atom stereocenters. The number of nitrogens with one attached hydrogen (secondary N) is 1. The summed E-state index contributed by atoms with van der Waals surface area (Å²) in [6.45, 7) is 0. The summed E-state index contributed by atoms with van der Waals surface area (Å²) in [7, 11) is 3.14. The molecule has 0 saturated heterocycles. The van der Waals surface area contributed by atoms with E-state index in [0.717, 1.165) is 5.39 Å². The number of amides is 1. The first kappa shape index (κ1) is 15.5. The molecule has 1 N–H and O–H groups in total. The van der Waals surface area contributed by atoms with Crippen molar-refractivity contribution in [3.05, 3.63) is 42.7 Å². The van der Waals surface area contributed by atoms with Gasteiger partial charge in [-0.1, -0.05) is 0 Å². The van der Waals surface area contributed by atoms with Crippen molar-refractivity contribution in [1.82, 2.24) is 9.97 Å². The minimum atomic E-state index is 0.397. The Morgan fingerprint density at radius 3 is 2.46 bits per heavy atom. The minimum Gasteiger partial charge on any atom is -0.493 e. The maximum absolute atomic E-state index is 10.4. The van der Waals surface area contributed by atoms with Crippen LogP contribution in [0.3, 0.4) is 0 Å². The molecule has 0 aliphatic rings. The van der Waals surface area contributed by atoms with Gasteiger partial charge in [-0.05, 0) is 18.2 Å². The van der Waals surface area contributed by atoms with Gasteiger partial charge in [0.25, 0.3) is 0 Å². The molecular weight excluding hydrogens is 310 g/mol. The molecule has 24 heavy (non-hydrogen) atoms. The Hall–Kier alpha value is -3.35. The maximum Gasteiger partial charge on any atom is 0.219 e. The van der Waals surface area contributed by atoms with Gasteiger partial charge in [0.05, 0.1) is 31.6 Å². The highest BCUT2D eigenvalue weighted by Crippen LogP contribution is 2.36. The molecule has 0 bridgehead atoms. The fourth-order valence-corrected chi connectivity index (χ4v) is 2.24. The lowest BCUT2D eigenvalue weighted by Crippen LogP contribution is -1.96. The van der Waals surface area contributed by atoms with Gasteiger partial charge < -0.3 is 19.5 Å². The first-order valence-electron chi connectivity index (χ1n) is 7.10. The van der Waals surface area contributed by atoms with Crippen molar-refractivity contribution in [1.29, 1.82) is 0 Å². The molecule has 7 nitrogen and oxygen atoms in total. The van der Waals surface area contributed by atoms with E-state index in [0.29, 0.717) is 40.7 Å². The Morgan fingerprint density at radius 2 is 1.79 bits per heavy atom. The van der Waals surface area contributed by atoms with Crippen molar-refractivity contribution in [3.8, 4) is 23.1 Å². The van der Waals surface area contributed by atoms with Crippen molar-refractivity contribution in [2.24, 2.45) is 0 Å². The Labute approximate surface area is 138 Å². The highest BCUT2D eigenvalue weighted by molar-refractivity contribution is 5.88. The lowest BCUT2D eigenvalue weighted by molar-refractivity contribution is -0.105. The third-order valence-corrected chi connectivity index (χ3v) is 3.38. The van der Waals surface area contributed by atoms with Crippen LogP contribution in [0.1, 0.15) is 0 Å². The molecule has 0 saturated carbocycles. The van der Waals surface area contributed by atoms with Crippen LogP contribution < -0.4 is 19.5 Å². The van der Waals surface area contributed by atoms with Gasteiger partial charge in [-0.25, -0.2) is 4.98 Å². The van der Waals surface area contributed by atoms with Crippen molar-refractivity contribution in [2.75, 3.05) is 19.5 Å². The number of carbonyl (C=O) groups is 1. The number of hydrogen-bond donors (Lipinski definition) is 1. The number of hydrogen-bond acceptors (Lipinski definition) is 6. The van der Waals surface area contributed by atoms with Gasteiger partial charge >= 0.3 is 0 Å². The molecule has 0 spiro atoms. The fourth-order valence-electron chi connectivity index (χ4n) is 2.24. The van der Waals surface area contributed by atoms with E-state index < -0.39 is 0 Å². The third kappa shape index (κ3) is 3.05. The van der Waals surface area contributed by atoms with Crippen LogP contribution in [0.2, 0.25) is 0 Å². The summed E-state index contributed by atoms with van der Waals surface area (Å²) in [5.41, 5.74) is 1.30. The Kier molecular flexibility index (Phi) is 4.42. The van der Waals surface area contributed by atoms with Crippen LogP contribution in [0.25, 0.3) is 10.9 Å². The quantitative estimate of drug-likeness (QED) is 0.702. The second-order valence-corrected chi connectivity index (χ2v) is 4.78. The summed E-state index contributed by atoms with van der Waals surface area (Å²) in [5.74, 6) is 2.16. The number of methoxy groups -OCH3 is 2. The van der Waals surface area contributed by atoms with E-state index in [1.54, 1.807) is 50.7 Å². The van der Waals surface area contributed by atoms with Crippen LogP contribution in [-0.2, 0) is 4.79 Å². The normalized spacial score (nSPS) is 10.2. The van der Waals surface area contributed by atoms with Gasteiger partial charge in [-0.3, -0.25) is 9.78 Å². The number of pyridine rings is 2. The molecule has 1 aromatic carbocycles. The smallest absolute Gasteiger partial charge is 0.219 e. The molecule has 3 aromatic rings. The monoisotopic (exact) mass is 325 g/mol. The molecule has 122 valence electrons. The number of nitrogens with zero attached hydrogens (tertiary/aromatic N) is 2. The molecule has 0 aliphatic carbocycles. The number of anilines is 1. The number of rotatable bonds is 6. The van der Waals surface area contributed by atoms with Crippen LogP contribution in [0.4, 0.5) is 5.69 Å². The summed E-state index contributed by atoms with van der Waals surface area (Å²) in [6, 6.07) is 8.69. The van der Waals surface area contributed by atoms with E-state index in [1.807, 2.05) is 0 Å². The summed E-state index contributed by atoms with van der Waals surface area (Å²) in [4.78, 5) is 18.9. The van der Waals surface area contributed by atoms with Crippen LogP contribution in [0, 0.1) is 0 Å². The van der Waals surface area contributed by atoms with Crippen molar-refractivity contribution in [3.63, 3.8) is 0 Å². The highest BCUT2D eigenvalue weighted by Gasteiger charge is 2.11. The zero-order valence-electron chi connectivity index (χ0n) is 13.1. The molecule has 1 amide bonds. The van der Waals surface area contributed by atoms with E-state index >= 15 is 0 Å². The molecule has 0 aliphatic heterocycles. The van der Waals surface area contributed by atoms with E-state index in [-0.39, 0.29) is 0 Å². The average molecular weight is 325 g/mol. The third-order valence-electron chi connectivity index (χ3n) is 3.38. The first-order chi connectivity index (χ1) is 11.7. The highest BCUT2D eigenvalue weighted by atomic mass is 16.5. The SMILES string of the molecule is COc1cc2nccc(Oc3ccc(NC=O)cn3)c2cc1OC. The Bertz CT molecular complexity index is 866. The predicted octanol–water partition coefficient (Wildman–Crippen LogP) is 3.01. The van der Waals surface area contributed by atoms with Gasteiger partial charge in [0.1, 0.15) is 5.75 Å². The molecule has 0 radical (unpaired) electrons. The van der Waals surface area contributed by atoms with Crippen molar-refractivity contribution >= 4 is 23.0 Å². The standard InChI is InChI=1S/C17H15N3O4/c1-22-15-7-12-13(8-16(15)23-2)18-6-5-14(12)24-17-4-3-11(9-19-17)20-10-21/h3-10H,1-2H3,(H,20,21). The summed E-state index contributed by atoms with van der Waals surface area (Å²) < 4.78 is 16.4. The second kappa shape index (κ2) is 6.82. The van der Waals surface area contributed by atoms with E-state index in [1.165, 1.54) is 6.20 Å². The predicted molar refractivity (Wildman–Crippen MR) is 88.8 cm³/mol. The van der Waals surface area contributed by atoms with Crippen molar-refractivity contribution < 1.29 is 19.0 Å². The van der Waals surface area contributed by atoms with Crippen LogP contribution in [-0.4, -0.2) is 30.6 Å². The zero-order valence-corrected chi connectivity index (χ0v) is 13.1. The first-order valence-corrected chi connectivity index (χ1v) is 7.10. The largest absolute Gasteiger partial charge is 0.493 e. The number of ether oxygens (including phenoxy) is 3. The Morgan fingerprint density at radius 1 is 1.00 bits per heavy atom. The summed E-state index contributed by atoms with van der Waals surface area (Å²) in [6.07, 6.45) is 3.75. The van der Waals surface area contributed by atoms with E-state index in [2.05, 4.69) is 15.3 Å². The average Bonchev–Trinajstić information content (AvgIpc) is 2.62. The topological polar surface area (TPSA) is 82.6 Å². The minimum absolute atomic E-state index is 0.397. The lowest BCUT2D eigenvalue weighted by atomic mass is 10.2. The fraction of sp³-hybridized carbons (Fsp3) is 0.118. The molecule has 0 unspecified atom stereocenters. The van der Waals surface area contributed by atoms with Gasteiger partial charge in [0.2, 0.25) is 12.3 Å². The van der Waals surface area contributed by atoms with Crippen LogP contribution in [0.15, 0.2) is 42.7 Å². The molecular formula is C17H15N3O4. The number of carbonyl (C=O) groups excluding carboxylic acids is 1. The zero-order chi connectivity index (χ0) is 16.9. The second-order valence-electron chi connectivity index (χ2n) is 4.78. The van der Waals surface area contributed by atoms with E-state index in [4.69, 9.17) is 14.2 Å². The van der Waals surface area contributed by atoms with E-state index in [9.17, 15) is 4.79 Å². The number of fused-ring (bicyclic) bond motifs is 1. The summed E-state index contributed by atoms with van der Waals surface area (Å²) in [5, 5.41) is 3.29. The number of aromatic nitrogens is 2. The van der Waals surface area contributed by atoms with Gasteiger partial charge in [0.15, 0.2) is 11.5 Å². The van der Waals surface area contributed by atoms with Gasteiger partial charge in [-0.15, -0.1) is 0 Å². The lowest BCUT2D eigenvalue weighted by Gasteiger charge is -2.12. The van der Waals surface area contributed by atoms with Crippen LogP contribution >= 0.6 is 0 Å². The molecule has 2 aromatic heterocycles. The molecule has 2 heterocycles. The Balaban J connectivity index is 1.98. The van der Waals surface area contributed by atoms with Crippen molar-refractivity contribution in [2.45, 2.75) is 0 Å². The maximum atomic E-state index is 10.4. The molecule has 7 heteroatoms.